The van der Waals surface area contributed by atoms with Crippen LogP contribution in [0.15, 0.2) is 0 Å². The molecule has 17 heavy (non-hydrogen) atoms. The second kappa shape index (κ2) is 5.83. The van der Waals surface area contributed by atoms with Crippen LogP contribution in [-0.4, -0.2) is 47.3 Å². The van der Waals surface area contributed by atoms with Crippen LogP contribution < -0.4 is 0 Å². The predicted octanol–water partition coefficient (Wildman–Crippen LogP) is 1.99. The Hall–Kier alpha value is -0.610. The van der Waals surface area contributed by atoms with Gasteiger partial charge in [-0.25, -0.2) is 0 Å². The maximum atomic E-state index is 11.7. The minimum atomic E-state index is -0.726. The summed E-state index contributed by atoms with van der Waals surface area (Å²) in [6, 6.07) is 0. The number of carbonyl (C=O) groups is 1. The Bertz CT molecular complexity index is 263. The highest BCUT2D eigenvalue weighted by Gasteiger charge is 2.47. The van der Waals surface area contributed by atoms with E-state index in [9.17, 15) is 9.90 Å². The van der Waals surface area contributed by atoms with Crippen LogP contribution in [0.25, 0.3) is 0 Å². The summed E-state index contributed by atoms with van der Waals surface area (Å²) in [5.41, 5.74) is -0.726. The highest BCUT2D eigenvalue weighted by atomic mass is 16.5. The molecule has 0 aromatic heterocycles. The fourth-order valence-electron chi connectivity index (χ4n) is 2.75. The van der Waals surface area contributed by atoms with E-state index in [1.54, 1.807) is 0 Å². The number of aliphatic carboxylic acids is 1. The third-order valence-electron chi connectivity index (χ3n) is 3.90. The average molecular weight is 243 g/mol. The number of hydrogen-bond acceptors (Lipinski definition) is 3. The number of carboxylic acids is 1. The number of rotatable bonds is 5. The smallest absolute Gasteiger partial charge is 0.324 e. The molecule has 1 aliphatic heterocycles. The molecule has 1 heterocycles. The van der Waals surface area contributed by atoms with Crippen molar-refractivity contribution < 1.29 is 14.6 Å². The van der Waals surface area contributed by atoms with Crippen molar-refractivity contribution in [3.05, 3.63) is 0 Å². The molecule has 0 aromatic rings. The normalized spacial score (nSPS) is 29.9. The minimum absolute atomic E-state index is 0.0560. The first-order valence-corrected chi connectivity index (χ1v) is 6.58. The Morgan fingerprint density at radius 3 is 2.47 bits per heavy atom. The summed E-state index contributed by atoms with van der Waals surface area (Å²) in [6.07, 6.45) is 1.25. The molecule has 0 bridgehead atoms. The number of nitrogens with zero attached hydrogens (tertiary/aromatic N) is 1. The fraction of sp³-hybridized carbons (Fsp3) is 0.923. The summed E-state index contributed by atoms with van der Waals surface area (Å²) in [7, 11) is 0. The molecule has 1 saturated heterocycles. The summed E-state index contributed by atoms with van der Waals surface area (Å²) >= 11 is 0. The van der Waals surface area contributed by atoms with Crippen LogP contribution >= 0.6 is 0 Å². The molecule has 4 nitrogen and oxygen atoms in total. The van der Waals surface area contributed by atoms with Gasteiger partial charge in [0.1, 0.15) is 5.54 Å². The lowest BCUT2D eigenvalue weighted by atomic mass is 9.81. The first-order valence-electron chi connectivity index (χ1n) is 6.58. The van der Waals surface area contributed by atoms with Gasteiger partial charge in [0.15, 0.2) is 0 Å². The zero-order valence-corrected chi connectivity index (χ0v) is 11.4. The second-order valence-electron chi connectivity index (χ2n) is 5.12. The van der Waals surface area contributed by atoms with Crippen LogP contribution in [0.3, 0.4) is 0 Å². The predicted molar refractivity (Wildman–Crippen MR) is 67.1 cm³/mol. The van der Waals surface area contributed by atoms with Gasteiger partial charge < -0.3 is 9.84 Å². The van der Waals surface area contributed by atoms with Crippen LogP contribution in [0.2, 0.25) is 0 Å². The topological polar surface area (TPSA) is 49.8 Å². The van der Waals surface area contributed by atoms with Gasteiger partial charge in [0.25, 0.3) is 0 Å². The van der Waals surface area contributed by atoms with Crippen molar-refractivity contribution >= 4 is 5.97 Å². The molecule has 1 rings (SSSR count). The highest BCUT2D eigenvalue weighted by Crippen LogP contribution is 2.33. The lowest BCUT2D eigenvalue weighted by molar-refractivity contribution is -0.165. The largest absolute Gasteiger partial charge is 0.480 e. The van der Waals surface area contributed by atoms with Crippen LogP contribution in [0.4, 0.5) is 0 Å². The molecule has 0 radical (unpaired) electrons. The fourth-order valence-corrected chi connectivity index (χ4v) is 2.75. The Balaban J connectivity index is 2.94. The standard InChI is InChI=1S/C13H25NO3/c1-5-14(6-2)13(12(15)16)7-8-17-11(9-13)10(3)4/h10-11H,5-9H2,1-4H3,(H,15,16). The third-order valence-corrected chi connectivity index (χ3v) is 3.90. The maximum Gasteiger partial charge on any atom is 0.324 e. The zero-order chi connectivity index (χ0) is 13.1. The summed E-state index contributed by atoms with van der Waals surface area (Å²) < 4.78 is 5.69. The summed E-state index contributed by atoms with van der Waals surface area (Å²) in [5.74, 6) is -0.334. The molecule has 1 fully saturated rings. The van der Waals surface area contributed by atoms with E-state index in [1.165, 1.54) is 0 Å². The van der Waals surface area contributed by atoms with E-state index >= 15 is 0 Å². The monoisotopic (exact) mass is 243 g/mol. The van der Waals surface area contributed by atoms with Gasteiger partial charge in [0, 0.05) is 13.0 Å². The molecule has 4 heteroatoms. The zero-order valence-electron chi connectivity index (χ0n) is 11.4. The maximum absolute atomic E-state index is 11.7. The van der Waals surface area contributed by atoms with Gasteiger partial charge >= 0.3 is 5.97 Å². The lowest BCUT2D eigenvalue weighted by Crippen LogP contribution is -2.59. The first-order chi connectivity index (χ1) is 7.97. The van der Waals surface area contributed by atoms with Crippen molar-refractivity contribution in [1.29, 1.82) is 0 Å². The Kier molecular flexibility index (Phi) is 4.95. The highest BCUT2D eigenvalue weighted by molar-refractivity contribution is 5.79. The Labute approximate surface area is 104 Å². The average Bonchev–Trinajstić information content (AvgIpc) is 2.30. The van der Waals surface area contributed by atoms with Crippen LogP contribution in [0, 0.1) is 5.92 Å². The van der Waals surface area contributed by atoms with Gasteiger partial charge in [0.05, 0.1) is 6.10 Å². The number of ether oxygens (including phenoxy) is 1. The van der Waals surface area contributed by atoms with Crippen molar-refractivity contribution in [1.82, 2.24) is 4.90 Å². The van der Waals surface area contributed by atoms with Crippen molar-refractivity contribution in [2.75, 3.05) is 19.7 Å². The molecule has 0 aliphatic carbocycles. The molecule has 100 valence electrons. The quantitative estimate of drug-likeness (QED) is 0.802. The summed E-state index contributed by atoms with van der Waals surface area (Å²) in [5, 5.41) is 9.62. The van der Waals surface area contributed by atoms with Gasteiger partial charge in [-0.2, -0.15) is 0 Å². The van der Waals surface area contributed by atoms with E-state index < -0.39 is 11.5 Å². The molecule has 1 aliphatic rings. The van der Waals surface area contributed by atoms with Crippen LogP contribution in [0.1, 0.15) is 40.5 Å². The number of likely N-dealkylation sites (N-methyl/N-ethyl adjacent to an activating group) is 1. The van der Waals surface area contributed by atoms with E-state index in [1.807, 2.05) is 13.8 Å². The molecular formula is C13H25NO3. The Morgan fingerprint density at radius 2 is 2.06 bits per heavy atom. The molecule has 1 N–H and O–H groups in total. The van der Waals surface area contributed by atoms with Gasteiger partial charge in [-0.05, 0) is 25.4 Å². The van der Waals surface area contributed by atoms with E-state index in [-0.39, 0.29) is 6.10 Å². The van der Waals surface area contributed by atoms with Crippen molar-refractivity contribution in [2.24, 2.45) is 5.92 Å². The Morgan fingerprint density at radius 1 is 1.47 bits per heavy atom. The third kappa shape index (κ3) is 2.80. The van der Waals surface area contributed by atoms with E-state index in [0.717, 1.165) is 13.1 Å². The molecule has 0 aromatic carbocycles. The molecule has 0 amide bonds. The summed E-state index contributed by atoms with van der Waals surface area (Å²) in [6.45, 7) is 10.3. The number of hydrogen-bond donors (Lipinski definition) is 1. The second-order valence-corrected chi connectivity index (χ2v) is 5.12. The first kappa shape index (κ1) is 14.5. The van der Waals surface area contributed by atoms with Gasteiger partial charge in [0.2, 0.25) is 0 Å². The van der Waals surface area contributed by atoms with E-state index in [4.69, 9.17) is 4.74 Å². The SMILES string of the molecule is CCN(CC)C1(C(=O)O)CCOC(C(C)C)C1. The molecule has 2 atom stereocenters. The van der Waals surface area contributed by atoms with Gasteiger partial charge in [-0.3, -0.25) is 9.69 Å². The molecular weight excluding hydrogens is 218 g/mol. The van der Waals surface area contributed by atoms with Crippen molar-refractivity contribution in [3.63, 3.8) is 0 Å². The summed E-state index contributed by atoms with van der Waals surface area (Å²) in [4.78, 5) is 13.8. The molecule has 0 saturated carbocycles. The molecule has 0 spiro atoms. The molecule has 2 unspecified atom stereocenters. The van der Waals surface area contributed by atoms with Crippen LogP contribution in [-0.2, 0) is 9.53 Å². The van der Waals surface area contributed by atoms with Gasteiger partial charge in [-0.15, -0.1) is 0 Å². The van der Waals surface area contributed by atoms with Crippen molar-refractivity contribution in [3.8, 4) is 0 Å². The van der Waals surface area contributed by atoms with Crippen LogP contribution in [0.5, 0.6) is 0 Å². The van der Waals surface area contributed by atoms with Crippen molar-refractivity contribution in [2.45, 2.75) is 52.2 Å². The van der Waals surface area contributed by atoms with Gasteiger partial charge in [-0.1, -0.05) is 27.7 Å². The van der Waals surface area contributed by atoms with E-state index in [2.05, 4.69) is 18.7 Å². The minimum Gasteiger partial charge on any atom is -0.480 e. The van der Waals surface area contributed by atoms with E-state index in [0.29, 0.717) is 25.4 Å². The number of carboxylic acid groups (broad SMARTS) is 1. The lowest BCUT2D eigenvalue weighted by Gasteiger charge is -2.45.